The Morgan fingerprint density at radius 1 is 1.08 bits per heavy atom. The maximum atomic E-state index is 12.5. The van der Waals surface area contributed by atoms with Gasteiger partial charge in [-0.2, -0.15) is 0 Å². The predicted molar refractivity (Wildman–Crippen MR) is 141 cm³/mol. The first-order chi connectivity index (χ1) is 18.2. The predicted octanol–water partition coefficient (Wildman–Crippen LogP) is 7.66. The summed E-state index contributed by atoms with van der Waals surface area (Å²) in [5, 5.41) is 12.5. The number of rotatable bonds is 8. The number of hydrogen-bond acceptors (Lipinski definition) is 6. The van der Waals surface area contributed by atoms with Crippen LogP contribution < -0.4 is 9.47 Å². The second kappa shape index (κ2) is 10.4. The summed E-state index contributed by atoms with van der Waals surface area (Å²) < 4.78 is 48.9. The Hall–Kier alpha value is -3.96. The molecule has 2 heterocycles. The number of aromatic nitrogens is 2. The lowest BCUT2D eigenvalue weighted by atomic mass is 10.0. The molecular weight excluding hydrogens is 537 g/mol. The Labute approximate surface area is 223 Å². The summed E-state index contributed by atoms with van der Waals surface area (Å²) in [5.41, 5.74) is 4.27. The first-order valence-electron chi connectivity index (χ1n) is 11.2. The second-order valence-electron chi connectivity index (χ2n) is 8.21. The van der Waals surface area contributed by atoms with E-state index >= 15 is 0 Å². The number of carboxylic acid groups (broad SMARTS) is 1. The molecule has 3 aromatic carbocycles. The number of benzene rings is 3. The highest BCUT2D eigenvalue weighted by atomic mass is 32.2. The summed E-state index contributed by atoms with van der Waals surface area (Å²) in [6, 6.07) is 17.2. The monoisotopic (exact) mass is 556 g/mol. The highest BCUT2D eigenvalue weighted by molar-refractivity contribution is 7.98. The lowest BCUT2D eigenvalue weighted by molar-refractivity contribution is -0.274. The van der Waals surface area contributed by atoms with E-state index in [2.05, 4.69) is 9.72 Å². The van der Waals surface area contributed by atoms with Crippen LogP contribution in [-0.4, -0.2) is 33.0 Å². The number of nitrogens with zero attached hydrogens (tertiary/aromatic N) is 2. The number of carboxylic acids is 1. The van der Waals surface area contributed by atoms with Crippen LogP contribution in [0.15, 0.2) is 83.3 Å². The van der Waals surface area contributed by atoms with Gasteiger partial charge < -0.3 is 14.6 Å². The number of thiazole rings is 1. The third kappa shape index (κ3) is 5.79. The van der Waals surface area contributed by atoms with Crippen LogP contribution in [0, 0.1) is 6.92 Å². The van der Waals surface area contributed by atoms with Gasteiger partial charge in [0, 0.05) is 33.6 Å². The number of hydrogen-bond donors (Lipinski definition) is 1. The summed E-state index contributed by atoms with van der Waals surface area (Å²) in [5.74, 6) is -0.807. The number of aliphatic carboxylic acids is 1. The average Bonchev–Trinajstić information content (AvgIpc) is 3.51. The number of carbonyl (C=O) groups is 1. The van der Waals surface area contributed by atoms with Crippen LogP contribution in [-0.2, 0) is 4.79 Å². The van der Waals surface area contributed by atoms with Crippen molar-refractivity contribution in [1.82, 2.24) is 8.96 Å². The first kappa shape index (κ1) is 25.7. The molecule has 0 amide bonds. The van der Waals surface area contributed by atoms with Crippen molar-refractivity contribution in [2.45, 2.75) is 18.2 Å². The Morgan fingerprint density at radius 2 is 1.84 bits per heavy atom. The minimum absolute atomic E-state index is 0.275. The van der Waals surface area contributed by atoms with Crippen LogP contribution in [0.5, 0.6) is 11.5 Å². The van der Waals surface area contributed by atoms with Crippen LogP contribution >= 0.6 is 23.3 Å². The van der Waals surface area contributed by atoms with E-state index in [0.29, 0.717) is 5.75 Å². The number of fused-ring (bicyclic) bond motifs is 1. The minimum atomic E-state index is -4.74. The lowest BCUT2D eigenvalue weighted by Crippen LogP contribution is -2.16. The Balaban J connectivity index is 1.49. The maximum absolute atomic E-state index is 12.5. The number of ether oxygens (including phenoxy) is 2. The van der Waals surface area contributed by atoms with Gasteiger partial charge in [-0.15, -0.1) is 24.5 Å². The zero-order chi connectivity index (χ0) is 26.9. The van der Waals surface area contributed by atoms with Crippen molar-refractivity contribution in [1.29, 1.82) is 0 Å². The van der Waals surface area contributed by atoms with Gasteiger partial charge in [0.25, 0.3) is 0 Å². The summed E-state index contributed by atoms with van der Waals surface area (Å²) in [7, 11) is 0. The van der Waals surface area contributed by atoms with E-state index in [0.717, 1.165) is 43.1 Å². The van der Waals surface area contributed by atoms with Gasteiger partial charge in [0.2, 0.25) is 0 Å². The number of aryl methyl sites for hydroxylation is 1. The zero-order valence-electron chi connectivity index (χ0n) is 19.7. The van der Waals surface area contributed by atoms with Crippen LogP contribution in [0.2, 0.25) is 0 Å². The van der Waals surface area contributed by atoms with Crippen molar-refractivity contribution in [3.63, 3.8) is 0 Å². The van der Waals surface area contributed by atoms with Gasteiger partial charge >= 0.3 is 12.3 Å². The highest BCUT2D eigenvalue weighted by Gasteiger charge is 2.31. The van der Waals surface area contributed by atoms with E-state index in [1.165, 1.54) is 35.4 Å². The summed E-state index contributed by atoms with van der Waals surface area (Å²) >= 11 is 3.00. The molecule has 0 aliphatic rings. The molecule has 11 heteroatoms. The Kier molecular flexibility index (Phi) is 7.04. The van der Waals surface area contributed by atoms with Crippen molar-refractivity contribution >= 4 is 40.2 Å². The SMILES string of the molecule is Cc1cc(Sn2cc(-c3nccs3)c3cc(-c4ccc(OC(F)(F)F)cc4)ccc32)ccc1OCC(=O)O. The summed E-state index contributed by atoms with van der Waals surface area (Å²) in [4.78, 5) is 16.2. The Bertz CT molecular complexity index is 1600. The van der Waals surface area contributed by atoms with E-state index in [1.807, 2.05) is 52.8 Å². The molecule has 0 atom stereocenters. The van der Waals surface area contributed by atoms with E-state index in [4.69, 9.17) is 9.84 Å². The van der Waals surface area contributed by atoms with E-state index in [9.17, 15) is 18.0 Å². The molecule has 0 bridgehead atoms. The topological polar surface area (TPSA) is 73.6 Å². The fraction of sp³-hybridized carbons (Fsp3) is 0.111. The molecule has 0 aliphatic carbocycles. The van der Waals surface area contributed by atoms with E-state index in [-0.39, 0.29) is 5.75 Å². The van der Waals surface area contributed by atoms with Crippen LogP contribution in [0.1, 0.15) is 5.56 Å². The molecule has 0 fully saturated rings. The molecule has 1 N–H and O–H groups in total. The van der Waals surface area contributed by atoms with Crippen molar-refractivity contribution < 1.29 is 32.5 Å². The van der Waals surface area contributed by atoms with Gasteiger partial charge in [0.05, 0.1) is 5.52 Å². The quantitative estimate of drug-likeness (QED) is 0.212. The standard InChI is InChI=1S/C27H19F3N2O4S2/c1-16-12-20(7-9-24(16)35-15-25(33)34)38-32-14-22(26-31-10-11-37-26)21-13-18(4-8-23(21)32)17-2-5-19(6-3-17)36-27(28,29)30/h2-14H,15H2,1H3,(H,33,34). The third-order valence-corrected chi connectivity index (χ3v) is 7.33. The normalized spacial score (nSPS) is 11.6. The van der Waals surface area contributed by atoms with Crippen molar-refractivity contribution in [2.24, 2.45) is 0 Å². The minimum Gasteiger partial charge on any atom is -0.482 e. The largest absolute Gasteiger partial charge is 0.573 e. The fourth-order valence-electron chi connectivity index (χ4n) is 3.92. The molecule has 5 aromatic rings. The summed E-state index contributed by atoms with van der Waals surface area (Å²) in [6.45, 7) is 1.44. The fourth-order valence-corrected chi connectivity index (χ4v) is 5.59. The first-order valence-corrected chi connectivity index (χ1v) is 12.9. The third-order valence-electron chi connectivity index (χ3n) is 5.56. The smallest absolute Gasteiger partial charge is 0.482 e. The molecule has 0 radical (unpaired) electrons. The van der Waals surface area contributed by atoms with Gasteiger partial charge in [0.1, 0.15) is 16.5 Å². The van der Waals surface area contributed by atoms with Crippen LogP contribution in [0.3, 0.4) is 0 Å². The molecule has 6 nitrogen and oxygen atoms in total. The molecule has 38 heavy (non-hydrogen) atoms. The molecule has 0 aliphatic heterocycles. The molecule has 0 saturated carbocycles. The van der Waals surface area contributed by atoms with E-state index in [1.54, 1.807) is 24.4 Å². The number of halogens is 3. The van der Waals surface area contributed by atoms with Crippen LogP contribution in [0.4, 0.5) is 13.2 Å². The summed E-state index contributed by atoms with van der Waals surface area (Å²) in [6.07, 6.45) is -1.00. The molecule has 194 valence electrons. The molecule has 0 saturated heterocycles. The van der Waals surface area contributed by atoms with Gasteiger partial charge in [-0.1, -0.05) is 18.2 Å². The molecular formula is C27H19F3N2O4S2. The van der Waals surface area contributed by atoms with Gasteiger partial charge in [-0.25, -0.2) is 9.78 Å². The Morgan fingerprint density at radius 3 is 2.50 bits per heavy atom. The van der Waals surface area contributed by atoms with Crippen LogP contribution in [0.25, 0.3) is 32.6 Å². The molecule has 2 aromatic heterocycles. The van der Waals surface area contributed by atoms with Crippen molar-refractivity contribution in [3.8, 4) is 33.2 Å². The van der Waals surface area contributed by atoms with Crippen molar-refractivity contribution in [3.05, 3.63) is 84.0 Å². The van der Waals surface area contributed by atoms with Gasteiger partial charge in [-0.05, 0) is 78.0 Å². The lowest BCUT2D eigenvalue weighted by Gasteiger charge is -2.10. The van der Waals surface area contributed by atoms with E-state index < -0.39 is 18.9 Å². The molecule has 0 spiro atoms. The maximum Gasteiger partial charge on any atom is 0.573 e. The number of alkyl halides is 3. The molecule has 0 unspecified atom stereocenters. The molecule has 5 rings (SSSR count). The van der Waals surface area contributed by atoms with Gasteiger partial charge in [-0.3, -0.25) is 3.97 Å². The van der Waals surface area contributed by atoms with Crippen molar-refractivity contribution in [2.75, 3.05) is 6.61 Å². The second-order valence-corrected chi connectivity index (χ2v) is 10.2. The van der Waals surface area contributed by atoms with Gasteiger partial charge in [0.15, 0.2) is 6.61 Å². The average molecular weight is 557 g/mol. The highest BCUT2D eigenvalue weighted by Crippen LogP contribution is 2.39. The zero-order valence-corrected chi connectivity index (χ0v) is 21.4.